The van der Waals surface area contributed by atoms with E-state index in [0.29, 0.717) is 16.3 Å². The van der Waals surface area contributed by atoms with Crippen LogP contribution in [0.2, 0.25) is 0 Å². The number of nitrogens with two attached hydrogens (primary N) is 1. The number of fused-ring (bicyclic) bond motifs is 1. The van der Waals surface area contributed by atoms with E-state index < -0.39 is 33.7 Å². The van der Waals surface area contributed by atoms with Gasteiger partial charge in [0, 0.05) is 24.3 Å². The molecule has 1 unspecified atom stereocenters. The molecule has 5 rings (SSSR count). The Morgan fingerprint density at radius 3 is 2.56 bits per heavy atom. The monoisotopic (exact) mass is 650 g/mol. The number of nitrogens with one attached hydrogen (secondary N) is 2. The Bertz CT molecular complexity index is 1830. The van der Waals surface area contributed by atoms with Crippen LogP contribution in [0.15, 0.2) is 82.8 Å². The second-order valence-electron chi connectivity index (χ2n) is 11.7. The SMILES string of the molecule is CC(C)(C)OC(=O)N1CC(C(=O)Nc2cccc(S(=O)(=O)NC(Cc3cccc(/C(N)=N\O)c3)c3nc4ccccc4s3)c2)C1. The fourth-order valence-corrected chi connectivity index (χ4v) is 7.07. The van der Waals surface area contributed by atoms with Crippen molar-refractivity contribution in [2.24, 2.45) is 16.8 Å². The molecule has 1 aliphatic rings. The fourth-order valence-electron chi connectivity index (χ4n) is 4.73. The Morgan fingerprint density at radius 2 is 1.84 bits per heavy atom. The zero-order chi connectivity index (χ0) is 32.4. The molecule has 0 radical (unpaired) electrons. The lowest BCUT2D eigenvalue weighted by Gasteiger charge is -2.38. The summed E-state index contributed by atoms with van der Waals surface area (Å²) in [5, 5.41) is 15.5. The summed E-state index contributed by atoms with van der Waals surface area (Å²) in [4.78, 5) is 31.2. The molecule has 0 spiro atoms. The minimum absolute atomic E-state index is 0.0409. The fraction of sp³-hybridized carbons (Fsp3) is 0.290. The summed E-state index contributed by atoms with van der Waals surface area (Å²) in [6.45, 7) is 5.74. The first-order valence-corrected chi connectivity index (χ1v) is 16.4. The third-order valence-corrected chi connectivity index (χ3v) is 9.61. The van der Waals surface area contributed by atoms with E-state index in [4.69, 9.17) is 20.7 Å². The molecule has 1 aromatic heterocycles. The van der Waals surface area contributed by atoms with Crippen molar-refractivity contribution in [2.45, 2.75) is 43.7 Å². The number of nitrogens with zero attached hydrogens (tertiary/aromatic N) is 3. The van der Waals surface area contributed by atoms with Crippen LogP contribution in [0.5, 0.6) is 0 Å². The average Bonchev–Trinajstić information content (AvgIpc) is 3.39. The molecular weight excluding hydrogens is 617 g/mol. The molecule has 2 amide bonds. The van der Waals surface area contributed by atoms with Crippen molar-refractivity contribution in [2.75, 3.05) is 18.4 Å². The minimum Gasteiger partial charge on any atom is -0.444 e. The van der Waals surface area contributed by atoms with Gasteiger partial charge in [-0.15, -0.1) is 11.3 Å². The van der Waals surface area contributed by atoms with Crippen LogP contribution in [0.1, 0.15) is 42.9 Å². The van der Waals surface area contributed by atoms with Crippen molar-refractivity contribution >= 4 is 55.1 Å². The maximum Gasteiger partial charge on any atom is 0.410 e. The molecule has 1 atom stereocenters. The number of sulfonamides is 1. The van der Waals surface area contributed by atoms with Gasteiger partial charge in [0.15, 0.2) is 5.84 Å². The van der Waals surface area contributed by atoms with E-state index in [0.717, 1.165) is 15.8 Å². The smallest absolute Gasteiger partial charge is 0.410 e. The van der Waals surface area contributed by atoms with Crippen molar-refractivity contribution in [1.82, 2.24) is 14.6 Å². The van der Waals surface area contributed by atoms with E-state index in [9.17, 15) is 18.0 Å². The van der Waals surface area contributed by atoms with Gasteiger partial charge in [0.25, 0.3) is 0 Å². The van der Waals surface area contributed by atoms with Crippen LogP contribution in [0.4, 0.5) is 10.5 Å². The number of amidine groups is 1. The first kappa shape index (κ1) is 31.9. The minimum atomic E-state index is -4.10. The predicted octanol–water partition coefficient (Wildman–Crippen LogP) is 4.46. The van der Waals surface area contributed by atoms with Crippen LogP contribution in [0, 0.1) is 5.92 Å². The van der Waals surface area contributed by atoms with Gasteiger partial charge in [-0.05, 0) is 69.2 Å². The largest absolute Gasteiger partial charge is 0.444 e. The molecule has 0 saturated carbocycles. The van der Waals surface area contributed by atoms with Crippen molar-refractivity contribution < 1.29 is 28.0 Å². The maximum absolute atomic E-state index is 13.7. The lowest BCUT2D eigenvalue weighted by atomic mass is 10.00. The Labute approximate surface area is 265 Å². The van der Waals surface area contributed by atoms with Gasteiger partial charge in [-0.2, -0.15) is 0 Å². The Hall–Kier alpha value is -4.53. The van der Waals surface area contributed by atoms with Crippen molar-refractivity contribution in [1.29, 1.82) is 0 Å². The summed E-state index contributed by atoms with van der Waals surface area (Å²) in [5.74, 6) is -0.831. The van der Waals surface area contributed by atoms with Gasteiger partial charge in [0.2, 0.25) is 15.9 Å². The number of anilines is 1. The number of carbonyl (C=O) groups is 2. The number of rotatable bonds is 9. The number of hydrogen-bond donors (Lipinski definition) is 4. The molecule has 1 aliphatic heterocycles. The zero-order valence-electron chi connectivity index (χ0n) is 24.9. The average molecular weight is 651 g/mol. The number of amides is 2. The van der Waals surface area contributed by atoms with Crippen LogP contribution >= 0.6 is 11.3 Å². The normalized spacial score (nSPS) is 15.0. The number of carbonyl (C=O) groups excluding carboxylic acids is 2. The van der Waals surface area contributed by atoms with Crippen LogP contribution in [0.3, 0.4) is 0 Å². The Balaban J connectivity index is 1.33. The van der Waals surface area contributed by atoms with Gasteiger partial charge in [0.1, 0.15) is 10.6 Å². The highest BCUT2D eigenvalue weighted by Crippen LogP contribution is 2.30. The molecule has 1 saturated heterocycles. The van der Waals surface area contributed by atoms with Crippen LogP contribution < -0.4 is 15.8 Å². The molecule has 45 heavy (non-hydrogen) atoms. The lowest BCUT2D eigenvalue weighted by molar-refractivity contribution is -0.124. The maximum atomic E-state index is 13.7. The van der Waals surface area contributed by atoms with Crippen molar-refractivity contribution in [3.05, 3.63) is 88.9 Å². The molecule has 0 bridgehead atoms. The number of hydrogen-bond acceptors (Lipinski definition) is 9. The summed E-state index contributed by atoms with van der Waals surface area (Å²) in [6.07, 6.45) is -0.247. The lowest BCUT2D eigenvalue weighted by Crippen LogP contribution is -2.55. The molecule has 1 fully saturated rings. The van der Waals surface area contributed by atoms with Gasteiger partial charge in [-0.1, -0.05) is 41.6 Å². The number of oxime groups is 1. The number of benzene rings is 3. The highest BCUT2D eigenvalue weighted by Gasteiger charge is 2.38. The second-order valence-corrected chi connectivity index (χ2v) is 14.5. The summed E-state index contributed by atoms with van der Waals surface area (Å²) < 4.78 is 36.5. The summed E-state index contributed by atoms with van der Waals surface area (Å²) in [5.41, 5.74) is 7.43. The summed E-state index contributed by atoms with van der Waals surface area (Å²) >= 11 is 1.38. The van der Waals surface area contributed by atoms with Gasteiger partial charge in [-0.25, -0.2) is 22.9 Å². The number of para-hydroxylation sites is 1. The summed E-state index contributed by atoms with van der Waals surface area (Å²) in [6, 6.07) is 19.8. The highest BCUT2D eigenvalue weighted by molar-refractivity contribution is 7.89. The predicted molar refractivity (Wildman–Crippen MR) is 172 cm³/mol. The van der Waals surface area contributed by atoms with E-state index in [1.807, 2.05) is 30.3 Å². The third-order valence-electron chi connectivity index (χ3n) is 6.99. The topological polar surface area (TPSA) is 176 Å². The van der Waals surface area contributed by atoms with Gasteiger partial charge in [-0.3, -0.25) is 4.79 Å². The molecule has 5 N–H and O–H groups in total. The van der Waals surface area contributed by atoms with Crippen LogP contribution in [-0.2, 0) is 26.0 Å². The highest BCUT2D eigenvalue weighted by atomic mass is 32.2. The second kappa shape index (κ2) is 12.8. The molecule has 14 heteroatoms. The quantitative estimate of drug-likeness (QED) is 0.0888. The molecule has 0 aliphatic carbocycles. The molecule has 4 aromatic rings. The van der Waals surface area contributed by atoms with Crippen molar-refractivity contribution in [3.8, 4) is 0 Å². The van der Waals surface area contributed by atoms with Gasteiger partial charge in [0.05, 0.1) is 27.1 Å². The molecule has 12 nitrogen and oxygen atoms in total. The Kier molecular flexibility index (Phi) is 9.09. The summed E-state index contributed by atoms with van der Waals surface area (Å²) in [7, 11) is -4.10. The molecular formula is C31H34N6O6S2. The zero-order valence-corrected chi connectivity index (χ0v) is 26.6. The first-order chi connectivity index (χ1) is 21.3. The molecule has 2 heterocycles. The Morgan fingerprint density at radius 1 is 1.11 bits per heavy atom. The molecule has 236 valence electrons. The van der Waals surface area contributed by atoms with Crippen LogP contribution in [0.25, 0.3) is 10.2 Å². The van der Waals surface area contributed by atoms with Gasteiger partial charge < -0.3 is 25.9 Å². The number of likely N-dealkylation sites (tertiary alicyclic amines) is 1. The van der Waals surface area contributed by atoms with E-state index in [-0.39, 0.29) is 36.1 Å². The number of thiazole rings is 1. The van der Waals surface area contributed by atoms with Crippen molar-refractivity contribution in [3.63, 3.8) is 0 Å². The van der Waals surface area contributed by atoms with Crippen LogP contribution in [-0.4, -0.2) is 60.0 Å². The molecule has 3 aromatic carbocycles. The van der Waals surface area contributed by atoms with E-state index in [1.54, 1.807) is 51.1 Å². The third kappa shape index (κ3) is 7.77. The standard InChI is InChI=1S/C31H34N6O6S2/c1-31(2,3)43-30(39)37-17-21(18-37)28(38)33-22-10-7-11-23(16-22)45(41,42)36-25(29-34-24-12-4-5-13-26(24)44-29)15-19-8-6-9-20(14-19)27(32)35-40/h4-14,16,21,25,36,40H,15,17-18H2,1-3H3,(H2,32,35)(H,33,38). The van der Waals surface area contributed by atoms with E-state index in [1.165, 1.54) is 28.4 Å². The number of aromatic nitrogens is 1. The number of ether oxygens (including phenoxy) is 1. The van der Waals surface area contributed by atoms with E-state index >= 15 is 0 Å². The van der Waals surface area contributed by atoms with E-state index in [2.05, 4.69) is 15.2 Å². The van der Waals surface area contributed by atoms with Gasteiger partial charge >= 0.3 is 6.09 Å². The first-order valence-electron chi connectivity index (χ1n) is 14.1.